The number of benzene rings is 7. The highest BCUT2D eigenvalue weighted by atomic mass is 16.3. The first-order chi connectivity index (χ1) is 24.2. The zero-order valence-corrected chi connectivity index (χ0v) is 22.7. The summed E-state index contributed by atoms with van der Waals surface area (Å²) in [6, 6.07) is 32.8. The van der Waals surface area contributed by atoms with Crippen LogP contribution in [0.1, 0.15) is 9.60 Å². The topological polar surface area (TPSA) is 29.5 Å². The lowest BCUT2D eigenvalue weighted by atomic mass is 10.0. The Bertz CT molecular complexity index is 2840. The molecule has 0 saturated carbocycles. The Morgan fingerprint density at radius 2 is 1.21 bits per heavy atom. The lowest BCUT2D eigenvalue weighted by Crippen LogP contribution is -2.10. The number of nitrogens with zero attached hydrogens (tertiary/aromatic N) is 1. The van der Waals surface area contributed by atoms with Gasteiger partial charge in [0.1, 0.15) is 16.7 Å². The molecule has 9 rings (SSSR count). The van der Waals surface area contributed by atoms with Crippen LogP contribution in [-0.4, -0.2) is 0 Å². The van der Waals surface area contributed by atoms with Gasteiger partial charge >= 0.3 is 0 Å². The Morgan fingerprint density at radius 3 is 2.12 bits per heavy atom. The van der Waals surface area contributed by atoms with Crippen LogP contribution in [0.3, 0.4) is 0 Å². The van der Waals surface area contributed by atoms with Crippen LogP contribution in [0.5, 0.6) is 0 Å². The maximum absolute atomic E-state index is 9.50. The molecular formula is C40H25NO2. The highest BCUT2D eigenvalue weighted by Gasteiger charge is 2.21. The summed E-state index contributed by atoms with van der Waals surface area (Å²) in [5.74, 6) is 0. The molecule has 3 nitrogen and oxygen atoms in total. The molecule has 2 aromatic heterocycles. The predicted molar refractivity (Wildman–Crippen MR) is 179 cm³/mol. The van der Waals surface area contributed by atoms with Crippen molar-refractivity contribution < 1.29 is 18.4 Å². The number of hydrogen-bond donors (Lipinski definition) is 0. The summed E-state index contributed by atoms with van der Waals surface area (Å²) >= 11 is 0. The monoisotopic (exact) mass is 558 g/mol. The molecule has 0 radical (unpaired) electrons. The summed E-state index contributed by atoms with van der Waals surface area (Å²) in [7, 11) is 0. The molecule has 0 N–H and O–H groups in total. The lowest BCUT2D eigenvalue weighted by molar-refractivity contribution is 0.668. The van der Waals surface area contributed by atoms with Crippen LogP contribution in [-0.2, 0) is 0 Å². The summed E-state index contributed by atoms with van der Waals surface area (Å²) < 4.78 is 74.3. The Morgan fingerprint density at radius 1 is 0.465 bits per heavy atom. The van der Waals surface area contributed by atoms with Gasteiger partial charge in [0, 0.05) is 38.7 Å². The average molecular weight is 559 g/mol. The zero-order valence-electron chi connectivity index (χ0n) is 29.7. The third kappa shape index (κ3) is 3.75. The molecule has 0 bridgehead atoms. The van der Waals surface area contributed by atoms with Crippen molar-refractivity contribution in [1.82, 2.24) is 0 Å². The molecule has 9 aromatic rings. The van der Waals surface area contributed by atoms with Gasteiger partial charge in [-0.2, -0.15) is 0 Å². The van der Waals surface area contributed by atoms with Gasteiger partial charge < -0.3 is 13.7 Å². The number of rotatable bonds is 4. The van der Waals surface area contributed by atoms with Gasteiger partial charge in [-0.25, -0.2) is 0 Å². The van der Waals surface area contributed by atoms with Crippen molar-refractivity contribution in [3.63, 3.8) is 0 Å². The van der Waals surface area contributed by atoms with E-state index in [9.17, 15) is 4.11 Å². The normalized spacial score (nSPS) is 14.0. The smallest absolute Gasteiger partial charge is 0.159 e. The molecule has 0 saturated heterocycles. The van der Waals surface area contributed by atoms with Gasteiger partial charge in [0.2, 0.25) is 0 Å². The summed E-state index contributed by atoms with van der Waals surface area (Å²) in [6.07, 6.45) is 0. The van der Waals surface area contributed by atoms with Gasteiger partial charge in [-0.1, -0.05) is 103 Å². The van der Waals surface area contributed by atoms with Crippen molar-refractivity contribution in [2.24, 2.45) is 0 Å². The van der Waals surface area contributed by atoms with E-state index >= 15 is 0 Å². The SMILES string of the molecule is [2H]c1c([2H])c([2H])c2c(oc3c([2H])c(N(c4ccc(-c5ccccc5)cc4)c4cccc5c4oc4c6ccccc6ccc54)c([2H])c([2H])c32)c1[2H]. The fourth-order valence-electron chi connectivity index (χ4n) is 5.91. The van der Waals surface area contributed by atoms with Crippen LogP contribution < -0.4 is 4.90 Å². The third-order valence-electron chi connectivity index (χ3n) is 7.94. The molecule has 0 aliphatic rings. The van der Waals surface area contributed by atoms with Crippen LogP contribution in [0, 0.1) is 0 Å². The van der Waals surface area contributed by atoms with Crippen LogP contribution in [0.15, 0.2) is 160 Å². The second kappa shape index (κ2) is 9.37. The molecule has 0 atom stereocenters. The summed E-state index contributed by atoms with van der Waals surface area (Å²) in [4.78, 5) is 1.73. The van der Waals surface area contributed by atoms with Crippen molar-refractivity contribution in [2.75, 3.05) is 4.90 Å². The van der Waals surface area contributed by atoms with E-state index in [1.165, 1.54) is 0 Å². The Labute approximate surface area is 257 Å². The van der Waals surface area contributed by atoms with Crippen LogP contribution >= 0.6 is 0 Å². The van der Waals surface area contributed by atoms with E-state index in [1.54, 1.807) is 4.90 Å². The molecule has 0 unspecified atom stereocenters. The van der Waals surface area contributed by atoms with Crippen LogP contribution in [0.25, 0.3) is 65.8 Å². The van der Waals surface area contributed by atoms with E-state index in [-0.39, 0.29) is 51.8 Å². The minimum absolute atomic E-state index is 0.00135. The third-order valence-corrected chi connectivity index (χ3v) is 7.94. The number of anilines is 3. The van der Waals surface area contributed by atoms with Gasteiger partial charge in [-0.3, -0.25) is 0 Å². The number of para-hydroxylation sites is 2. The minimum Gasteiger partial charge on any atom is -0.456 e. The maximum Gasteiger partial charge on any atom is 0.159 e. The van der Waals surface area contributed by atoms with E-state index in [0.29, 0.717) is 22.5 Å². The van der Waals surface area contributed by atoms with Crippen molar-refractivity contribution in [3.05, 3.63) is 151 Å². The molecule has 2 heterocycles. The fraction of sp³-hybridized carbons (Fsp3) is 0. The second-order valence-corrected chi connectivity index (χ2v) is 10.4. The van der Waals surface area contributed by atoms with Crippen molar-refractivity contribution in [2.45, 2.75) is 0 Å². The highest BCUT2D eigenvalue weighted by Crippen LogP contribution is 2.44. The van der Waals surface area contributed by atoms with E-state index in [1.807, 2.05) is 103 Å². The molecule has 7 aromatic carbocycles. The van der Waals surface area contributed by atoms with Crippen LogP contribution in [0.2, 0.25) is 0 Å². The first-order valence-corrected chi connectivity index (χ1v) is 14.0. The van der Waals surface area contributed by atoms with E-state index in [4.69, 9.17) is 14.3 Å². The highest BCUT2D eigenvalue weighted by molar-refractivity contribution is 6.17. The van der Waals surface area contributed by atoms with Crippen molar-refractivity contribution in [1.29, 1.82) is 0 Å². The fourth-order valence-corrected chi connectivity index (χ4v) is 5.91. The van der Waals surface area contributed by atoms with Crippen LogP contribution in [0.4, 0.5) is 17.1 Å². The van der Waals surface area contributed by atoms with E-state index in [2.05, 4.69) is 6.07 Å². The minimum atomic E-state index is -0.477. The van der Waals surface area contributed by atoms with Gasteiger partial charge in [0.05, 0.1) is 21.0 Å². The Balaban J connectivity index is 1.37. The molecule has 43 heavy (non-hydrogen) atoms. The number of fused-ring (bicyclic) bond motifs is 8. The maximum atomic E-state index is 9.50. The average Bonchev–Trinajstić information content (AvgIpc) is 3.75. The summed E-state index contributed by atoms with van der Waals surface area (Å²) in [6.45, 7) is 0. The van der Waals surface area contributed by atoms with Gasteiger partial charge in [0.25, 0.3) is 0 Å². The molecule has 0 amide bonds. The van der Waals surface area contributed by atoms with Crippen molar-refractivity contribution in [3.8, 4) is 11.1 Å². The predicted octanol–water partition coefficient (Wildman–Crippen LogP) is 11.8. The standard InChI is InChI=1S/C40H25NO2/c1-2-9-26(10-3-1)27-17-20-29(21-18-27)41(30-22-24-33-32-13-6-7-16-37(32)42-38(33)25-30)36-15-8-14-34-35-23-19-28-11-4-5-12-31(28)39(35)43-40(34)36/h1-25H/i6D,7D,13D,16D,22D,24D,25D. The lowest BCUT2D eigenvalue weighted by Gasteiger charge is -2.25. The number of hydrogen-bond acceptors (Lipinski definition) is 3. The van der Waals surface area contributed by atoms with E-state index < -0.39 is 18.1 Å². The molecule has 3 heteroatoms. The Kier molecular flexibility index (Phi) is 3.90. The molecule has 0 aliphatic carbocycles. The summed E-state index contributed by atoms with van der Waals surface area (Å²) in [5.41, 5.74) is 4.15. The van der Waals surface area contributed by atoms with Crippen molar-refractivity contribution >= 4 is 71.7 Å². The van der Waals surface area contributed by atoms with Gasteiger partial charge in [-0.15, -0.1) is 0 Å². The first-order valence-electron chi connectivity index (χ1n) is 17.5. The number of furan rings is 2. The first kappa shape index (κ1) is 17.9. The molecular weight excluding hydrogens is 526 g/mol. The van der Waals surface area contributed by atoms with Gasteiger partial charge in [-0.05, 0) is 58.9 Å². The second-order valence-electron chi connectivity index (χ2n) is 10.4. The Hall–Kier alpha value is -5.80. The molecule has 202 valence electrons. The largest absolute Gasteiger partial charge is 0.456 e. The molecule has 0 fully saturated rings. The zero-order chi connectivity index (χ0) is 34.4. The quantitative estimate of drug-likeness (QED) is 0.215. The molecule has 0 spiro atoms. The van der Waals surface area contributed by atoms with Gasteiger partial charge in [0.15, 0.2) is 5.58 Å². The van der Waals surface area contributed by atoms with E-state index in [0.717, 1.165) is 32.7 Å². The molecule has 0 aliphatic heterocycles. The summed E-state index contributed by atoms with van der Waals surface area (Å²) in [5, 5.41) is 3.71.